The van der Waals surface area contributed by atoms with E-state index in [9.17, 15) is 0 Å². The zero-order valence-corrected chi connectivity index (χ0v) is 10.1. The number of hydrogen-bond acceptors (Lipinski definition) is 2. The second kappa shape index (κ2) is 4.66. The first-order valence-electron chi connectivity index (χ1n) is 5.72. The number of rotatable bonds is 4. The molecule has 0 unspecified atom stereocenters. The third kappa shape index (κ3) is 2.25. The van der Waals surface area contributed by atoms with Crippen molar-refractivity contribution in [2.45, 2.75) is 33.4 Å². The summed E-state index contributed by atoms with van der Waals surface area (Å²) in [6.45, 7) is 7.75. The van der Waals surface area contributed by atoms with Gasteiger partial charge in [0.2, 0.25) is 0 Å². The van der Waals surface area contributed by atoms with E-state index in [1.807, 2.05) is 25.1 Å². The lowest BCUT2D eigenvalue weighted by atomic mass is 10.3. The molecule has 86 valence electrons. The van der Waals surface area contributed by atoms with Crippen molar-refractivity contribution in [2.75, 3.05) is 6.61 Å². The molecule has 0 saturated heterocycles. The van der Waals surface area contributed by atoms with Crippen LogP contribution >= 0.6 is 0 Å². The Hall–Kier alpha value is -1.35. The number of aromatic nitrogens is 2. The molecule has 0 fully saturated rings. The lowest BCUT2D eigenvalue weighted by molar-refractivity contribution is 0.0730. The molecule has 0 radical (unpaired) electrons. The normalized spacial score (nSPS) is 11.5. The van der Waals surface area contributed by atoms with E-state index in [0.717, 1.165) is 24.5 Å². The molecule has 0 atom stereocenters. The van der Waals surface area contributed by atoms with Crippen LogP contribution in [0.1, 0.15) is 19.7 Å². The Bertz CT molecular complexity index is 474. The molecular formula is C13H18N2O. The van der Waals surface area contributed by atoms with E-state index in [-0.39, 0.29) is 6.10 Å². The number of nitrogens with zero attached hydrogens (tertiary/aromatic N) is 2. The number of imidazole rings is 1. The second-order valence-electron chi connectivity index (χ2n) is 4.22. The molecule has 0 aliphatic carbocycles. The maximum atomic E-state index is 5.57. The first-order chi connectivity index (χ1) is 7.68. The highest BCUT2D eigenvalue weighted by atomic mass is 16.5. The van der Waals surface area contributed by atoms with Crippen LogP contribution in [-0.2, 0) is 11.3 Å². The van der Waals surface area contributed by atoms with Gasteiger partial charge >= 0.3 is 0 Å². The molecule has 0 N–H and O–H groups in total. The number of ether oxygens (including phenoxy) is 1. The number of aryl methyl sites for hydroxylation is 1. The van der Waals surface area contributed by atoms with Crippen molar-refractivity contribution in [1.82, 2.24) is 9.55 Å². The number of hydrogen-bond donors (Lipinski definition) is 0. The van der Waals surface area contributed by atoms with Gasteiger partial charge in [-0.3, -0.25) is 0 Å². The van der Waals surface area contributed by atoms with Crippen LogP contribution in [0.5, 0.6) is 0 Å². The van der Waals surface area contributed by atoms with Gasteiger partial charge in [0.1, 0.15) is 5.82 Å². The number of benzene rings is 1. The van der Waals surface area contributed by atoms with Gasteiger partial charge in [-0.2, -0.15) is 0 Å². The minimum Gasteiger partial charge on any atom is -0.377 e. The molecule has 1 aromatic carbocycles. The van der Waals surface area contributed by atoms with Crippen molar-refractivity contribution < 1.29 is 4.74 Å². The standard InChI is InChI=1S/C13H18N2O/c1-10(2)16-9-8-15-11(3)14-12-6-4-5-7-13(12)15/h4-7,10H,8-9H2,1-3H3. The summed E-state index contributed by atoms with van der Waals surface area (Å²) in [5, 5.41) is 0. The Kier molecular flexibility index (Phi) is 3.25. The van der Waals surface area contributed by atoms with E-state index in [1.54, 1.807) is 0 Å². The summed E-state index contributed by atoms with van der Waals surface area (Å²) in [7, 11) is 0. The van der Waals surface area contributed by atoms with E-state index in [1.165, 1.54) is 5.52 Å². The molecule has 0 aliphatic rings. The van der Waals surface area contributed by atoms with Crippen molar-refractivity contribution in [1.29, 1.82) is 0 Å². The third-order valence-electron chi connectivity index (χ3n) is 2.61. The van der Waals surface area contributed by atoms with E-state index in [0.29, 0.717) is 0 Å². The molecule has 0 bridgehead atoms. The average Bonchev–Trinajstić information content (AvgIpc) is 2.55. The van der Waals surface area contributed by atoms with E-state index >= 15 is 0 Å². The van der Waals surface area contributed by atoms with Gasteiger partial charge < -0.3 is 9.30 Å². The van der Waals surface area contributed by atoms with Gasteiger partial charge in [-0.15, -0.1) is 0 Å². The molecule has 2 aromatic rings. The summed E-state index contributed by atoms with van der Waals surface area (Å²) in [5.74, 6) is 1.05. The Morgan fingerprint density at radius 3 is 2.81 bits per heavy atom. The van der Waals surface area contributed by atoms with Gasteiger partial charge in [0, 0.05) is 6.54 Å². The summed E-state index contributed by atoms with van der Waals surface area (Å²) in [6.07, 6.45) is 0.287. The van der Waals surface area contributed by atoms with Crippen LogP contribution in [0, 0.1) is 6.92 Å². The zero-order chi connectivity index (χ0) is 11.5. The molecule has 0 spiro atoms. The Balaban J connectivity index is 2.19. The SMILES string of the molecule is Cc1nc2ccccc2n1CCOC(C)C. The molecular weight excluding hydrogens is 200 g/mol. The van der Waals surface area contributed by atoms with E-state index < -0.39 is 0 Å². The predicted molar refractivity (Wildman–Crippen MR) is 65.6 cm³/mol. The summed E-state index contributed by atoms with van der Waals surface area (Å²) >= 11 is 0. The molecule has 0 aliphatic heterocycles. The number of para-hydroxylation sites is 2. The summed E-state index contributed by atoms with van der Waals surface area (Å²) in [5.41, 5.74) is 2.25. The fourth-order valence-electron chi connectivity index (χ4n) is 1.86. The van der Waals surface area contributed by atoms with E-state index in [2.05, 4.69) is 29.5 Å². The predicted octanol–water partition coefficient (Wildman–Crippen LogP) is 2.77. The Morgan fingerprint density at radius 1 is 1.31 bits per heavy atom. The highest BCUT2D eigenvalue weighted by molar-refractivity contribution is 5.75. The zero-order valence-electron chi connectivity index (χ0n) is 10.1. The molecule has 1 aromatic heterocycles. The maximum Gasteiger partial charge on any atom is 0.106 e. The van der Waals surface area contributed by atoms with Crippen LogP contribution in [-0.4, -0.2) is 22.3 Å². The lowest BCUT2D eigenvalue weighted by Crippen LogP contribution is -2.11. The molecule has 0 amide bonds. The smallest absolute Gasteiger partial charge is 0.106 e. The molecule has 3 nitrogen and oxygen atoms in total. The minimum absolute atomic E-state index is 0.287. The van der Waals surface area contributed by atoms with Crippen LogP contribution in [0.2, 0.25) is 0 Å². The summed E-state index contributed by atoms with van der Waals surface area (Å²) < 4.78 is 7.78. The van der Waals surface area contributed by atoms with Crippen LogP contribution in [0.15, 0.2) is 24.3 Å². The summed E-state index contributed by atoms with van der Waals surface area (Å²) in [4.78, 5) is 4.52. The topological polar surface area (TPSA) is 27.1 Å². The highest BCUT2D eigenvalue weighted by Crippen LogP contribution is 2.15. The Morgan fingerprint density at radius 2 is 2.06 bits per heavy atom. The third-order valence-corrected chi connectivity index (χ3v) is 2.61. The maximum absolute atomic E-state index is 5.57. The van der Waals surface area contributed by atoms with Crippen molar-refractivity contribution in [3.05, 3.63) is 30.1 Å². The first kappa shape index (κ1) is 11.1. The van der Waals surface area contributed by atoms with Crippen LogP contribution in [0.25, 0.3) is 11.0 Å². The fraction of sp³-hybridized carbons (Fsp3) is 0.462. The van der Waals surface area contributed by atoms with Crippen molar-refractivity contribution in [3.8, 4) is 0 Å². The van der Waals surface area contributed by atoms with Gasteiger partial charge in [0.25, 0.3) is 0 Å². The van der Waals surface area contributed by atoms with Crippen molar-refractivity contribution in [2.24, 2.45) is 0 Å². The molecule has 16 heavy (non-hydrogen) atoms. The number of fused-ring (bicyclic) bond motifs is 1. The van der Waals surface area contributed by atoms with Crippen LogP contribution in [0.4, 0.5) is 0 Å². The van der Waals surface area contributed by atoms with Crippen LogP contribution in [0.3, 0.4) is 0 Å². The molecule has 1 heterocycles. The highest BCUT2D eigenvalue weighted by Gasteiger charge is 2.06. The van der Waals surface area contributed by atoms with Gasteiger partial charge in [-0.05, 0) is 32.9 Å². The second-order valence-corrected chi connectivity index (χ2v) is 4.22. The van der Waals surface area contributed by atoms with E-state index in [4.69, 9.17) is 4.74 Å². The minimum atomic E-state index is 0.287. The first-order valence-corrected chi connectivity index (χ1v) is 5.72. The Labute approximate surface area is 96.1 Å². The molecule has 2 rings (SSSR count). The lowest BCUT2D eigenvalue weighted by Gasteiger charge is -2.09. The quantitative estimate of drug-likeness (QED) is 0.789. The van der Waals surface area contributed by atoms with Gasteiger partial charge in [-0.1, -0.05) is 12.1 Å². The average molecular weight is 218 g/mol. The van der Waals surface area contributed by atoms with Gasteiger partial charge in [0.05, 0.1) is 23.7 Å². The van der Waals surface area contributed by atoms with Gasteiger partial charge in [-0.25, -0.2) is 4.98 Å². The van der Waals surface area contributed by atoms with Crippen molar-refractivity contribution in [3.63, 3.8) is 0 Å². The fourth-order valence-corrected chi connectivity index (χ4v) is 1.86. The monoisotopic (exact) mass is 218 g/mol. The van der Waals surface area contributed by atoms with Gasteiger partial charge in [0.15, 0.2) is 0 Å². The largest absolute Gasteiger partial charge is 0.377 e. The molecule has 3 heteroatoms. The molecule has 0 saturated carbocycles. The van der Waals surface area contributed by atoms with Crippen LogP contribution < -0.4 is 0 Å². The van der Waals surface area contributed by atoms with Crippen molar-refractivity contribution >= 4 is 11.0 Å². The summed E-state index contributed by atoms with van der Waals surface area (Å²) in [6, 6.07) is 8.21.